The first kappa shape index (κ1) is 19.3. The monoisotopic (exact) mass is 363 g/mol. The Kier molecular flexibility index (Phi) is 4.75. The summed E-state index contributed by atoms with van der Waals surface area (Å²) in [6, 6.07) is 11.4. The van der Waals surface area contributed by atoms with Gasteiger partial charge in [0.05, 0.1) is 11.3 Å². The van der Waals surface area contributed by atoms with E-state index in [4.69, 9.17) is 0 Å². The third-order valence-electron chi connectivity index (χ3n) is 6.31. The van der Waals surface area contributed by atoms with Crippen LogP contribution in [0.3, 0.4) is 0 Å². The van der Waals surface area contributed by atoms with Crippen LogP contribution in [0.2, 0.25) is 0 Å². The van der Waals surface area contributed by atoms with Crippen molar-refractivity contribution in [3.63, 3.8) is 0 Å². The Hall–Kier alpha value is -2.42. The van der Waals surface area contributed by atoms with Crippen LogP contribution in [0.4, 0.5) is 5.69 Å². The minimum atomic E-state index is -0.956. The molecule has 1 aliphatic carbocycles. The quantitative estimate of drug-likeness (QED) is 0.673. The second kappa shape index (κ2) is 6.63. The summed E-state index contributed by atoms with van der Waals surface area (Å²) < 4.78 is 0. The lowest BCUT2D eigenvalue weighted by Gasteiger charge is -2.32. The van der Waals surface area contributed by atoms with Crippen molar-refractivity contribution in [1.82, 2.24) is 0 Å². The van der Waals surface area contributed by atoms with Gasteiger partial charge in [-0.2, -0.15) is 0 Å². The lowest BCUT2D eigenvalue weighted by Crippen LogP contribution is -2.28. The van der Waals surface area contributed by atoms with Gasteiger partial charge in [-0.25, -0.2) is 4.79 Å². The molecule has 1 atom stereocenters. The highest BCUT2D eigenvalue weighted by Gasteiger charge is 2.46. The normalized spacial score (nSPS) is 21.0. The molecule has 0 aliphatic heterocycles. The lowest BCUT2D eigenvalue weighted by molar-refractivity contribution is 0.0698. The van der Waals surface area contributed by atoms with E-state index in [2.05, 4.69) is 58.7 Å². The van der Waals surface area contributed by atoms with Crippen LogP contribution in [0.1, 0.15) is 73.7 Å². The van der Waals surface area contributed by atoms with Crippen molar-refractivity contribution in [3.05, 3.63) is 64.2 Å². The predicted molar refractivity (Wildman–Crippen MR) is 112 cm³/mol. The van der Waals surface area contributed by atoms with Crippen molar-refractivity contribution < 1.29 is 9.90 Å². The number of benzene rings is 2. The van der Waals surface area contributed by atoms with Crippen molar-refractivity contribution >= 4 is 17.9 Å². The number of aromatic carboxylic acids is 1. The molecule has 2 aromatic carbocycles. The number of hydrogen-bond acceptors (Lipinski definition) is 2. The third-order valence-corrected chi connectivity index (χ3v) is 6.31. The zero-order valence-corrected chi connectivity index (χ0v) is 17.1. The molecule has 0 saturated heterocycles. The minimum Gasteiger partial charge on any atom is -0.478 e. The van der Waals surface area contributed by atoms with Crippen molar-refractivity contribution in [2.45, 2.75) is 58.8 Å². The number of aryl methyl sites for hydroxylation is 1. The Balaban J connectivity index is 2.07. The number of para-hydroxylation sites is 1. The first-order valence-electron chi connectivity index (χ1n) is 9.58. The summed E-state index contributed by atoms with van der Waals surface area (Å²) in [6.07, 6.45) is 2.94. The second-order valence-electron chi connectivity index (χ2n) is 8.97. The van der Waals surface area contributed by atoms with Crippen molar-refractivity contribution in [2.24, 2.45) is 10.9 Å². The fraction of sp³-hybridized carbons (Fsp3) is 0.417. The zero-order valence-electron chi connectivity index (χ0n) is 17.1. The average Bonchev–Trinajstić information content (AvgIpc) is 2.79. The van der Waals surface area contributed by atoms with E-state index in [9.17, 15) is 9.90 Å². The number of rotatable bonds is 4. The Labute approximate surface area is 162 Å². The number of aliphatic imine (C=N–C) groups is 1. The van der Waals surface area contributed by atoms with Gasteiger partial charge >= 0.3 is 5.97 Å². The SMILES string of the molecule is Cc1cc2c(cc1C=Nc1ccccc1C(=O)O)C(C)(C)CC2(C)C(C)C. The summed E-state index contributed by atoms with van der Waals surface area (Å²) in [4.78, 5) is 15.9. The molecule has 0 spiro atoms. The highest BCUT2D eigenvalue weighted by Crippen LogP contribution is 2.53. The molecule has 0 heterocycles. The molecule has 0 fully saturated rings. The molecule has 0 bridgehead atoms. The van der Waals surface area contributed by atoms with Gasteiger partial charge < -0.3 is 5.11 Å². The van der Waals surface area contributed by atoms with Crippen molar-refractivity contribution in [3.8, 4) is 0 Å². The van der Waals surface area contributed by atoms with Crippen molar-refractivity contribution in [1.29, 1.82) is 0 Å². The van der Waals surface area contributed by atoms with Gasteiger partial charge in [-0.15, -0.1) is 0 Å². The summed E-state index contributed by atoms with van der Waals surface area (Å²) in [5.41, 5.74) is 6.06. The lowest BCUT2D eigenvalue weighted by atomic mass is 9.72. The van der Waals surface area contributed by atoms with Crippen molar-refractivity contribution in [2.75, 3.05) is 0 Å². The molecule has 1 aliphatic rings. The van der Waals surface area contributed by atoms with Gasteiger partial charge in [0.25, 0.3) is 0 Å². The molecular weight excluding hydrogens is 334 g/mol. The molecule has 1 N–H and O–H groups in total. The number of carboxylic acid groups (broad SMARTS) is 1. The molecule has 0 radical (unpaired) electrons. The van der Waals surface area contributed by atoms with Gasteiger partial charge in [-0.3, -0.25) is 4.99 Å². The maximum absolute atomic E-state index is 11.4. The number of carboxylic acids is 1. The Morgan fingerprint density at radius 2 is 1.81 bits per heavy atom. The molecule has 1 unspecified atom stereocenters. The zero-order chi connectivity index (χ0) is 20.0. The predicted octanol–water partition coefficient (Wildman–Crippen LogP) is 6.04. The first-order valence-corrected chi connectivity index (χ1v) is 9.58. The van der Waals surface area contributed by atoms with Crippen LogP contribution in [-0.2, 0) is 10.8 Å². The standard InChI is InChI=1S/C24H29NO2/c1-15(2)24(6)14-23(4,5)19-12-17(16(3)11-20(19)24)13-25-21-10-8-7-9-18(21)22(26)27/h7-13,15H,14H2,1-6H3,(H,26,27). The minimum absolute atomic E-state index is 0.115. The number of nitrogens with zero attached hydrogens (tertiary/aromatic N) is 1. The summed E-state index contributed by atoms with van der Waals surface area (Å²) >= 11 is 0. The van der Waals surface area contributed by atoms with E-state index in [1.165, 1.54) is 16.7 Å². The van der Waals surface area contributed by atoms with Gasteiger partial charge in [0.15, 0.2) is 0 Å². The number of hydrogen-bond donors (Lipinski definition) is 1. The van der Waals surface area contributed by atoms with Gasteiger partial charge in [-0.05, 0) is 70.5 Å². The van der Waals surface area contributed by atoms with E-state index in [0.717, 1.165) is 12.0 Å². The average molecular weight is 364 g/mol. The summed E-state index contributed by atoms with van der Waals surface area (Å²) in [7, 11) is 0. The number of fused-ring (bicyclic) bond motifs is 1. The van der Waals surface area contributed by atoms with E-state index in [0.29, 0.717) is 11.6 Å². The van der Waals surface area contributed by atoms with Gasteiger partial charge in [0.2, 0.25) is 0 Å². The van der Waals surface area contributed by atoms with Gasteiger partial charge in [0, 0.05) is 6.21 Å². The molecule has 3 rings (SSSR count). The van der Waals surface area contributed by atoms with E-state index >= 15 is 0 Å². The summed E-state index contributed by atoms with van der Waals surface area (Å²) in [5.74, 6) is -0.387. The molecule has 0 saturated carbocycles. The van der Waals surface area contributed by atoms with Crippen LogP contribution < -0.4 is 0 Å². The maximum Gasteiger partial charge on any atom is 0.337 e. The third kappa shape index (κ3) is 3.31. The molecule has 0 aromatic heterocycles. The molecule has 27 heavy (non-hydrogen) atoms. The molecule has 2 aromatic rings. The largest absolute Gasteiger partial charge is 0.478 e. The Morgan fingerprint density at radius 1 is 1.15 bits per heavy atom. The fourth-order valence-corrected chi connectivity index (χ4v) is 4.43. The number of carbonyl (C=O) groups is 1. The molecular formula is C24H29NO2. The second-order valence-corrected chi connectivity index (χ2v) is 8.97. The van der Waals surface area contributed by atoms with E-state index in [-0.39, 0.29) is 16.4 Å². The van der Waals surface area contributed by atoms with E-state index in [1.54, 1.807) is 24.4 Å². The maximum atomic E-state index is 11.4. The van der Waals surface area contributed by atoms with E-state index < -0.39 is 5.97 Å². The van der Waals surface area contributed by atoms with Gasteiger partial charge in [0.1, 0.15) is 0 Å². The fourth-order valence-electron chi connectivity index (χ4n) is 4.43. The molecule has 0 amide bonds. The molecule has 142 valence electrons. The van der Waals surface area contributed by atoms with Crippen LogP contribution in [0, 0.1) is 12.8 Å². The Bertz CT molecular complexity index is 924. The summed E-state index contributed by atoms with van der Waals surface area (Å²) in [5, 5.41) is 9.35. The van der Waals surface area contributed by atoms with E-state index in [1.807, 2.05) is 6.07 Å². The van der Waals surface area contributed by atoms with Crippen LogP contribution in [0.25, 0.3) is 0 Å². The van der Waals surface area contributed by atoms with Crippen LogP contribution >= 0.6 is 0 Å². The first-order chi connectivity index (χ1) is 12.6. The Morgan fingerprint density at radius 3 is 2.44 bits per heavy atom. The highest BCUT2D eigenvalue weighted by atomic mass is 16.4. The van der Waals surface area contributed by atoms with Crippen LogP contribution in [-0.4, -0.2) is 17.3 Å². The van der Waals surface area contributed by atoms with Crippen LogP contribution in [0.15, 0.2) is 41.4 Å². The highest BCUT2D eigenvalue weighted by molar-refractivity contribution is 5.95. The van der Waals surface area contributed by atoms with Gasteiger partial charge in [-0.1, -0.05) is 52.8 Å². The molecule has 3 heteroatoms. The molecule has 3 nitrogen and oxygen atoms in total. The smallest absolute Gasteiger partial charge is 0.337 e. The van der Waals surface area contributed by atoms with Crippen LogP contribution in [0.5, 0.6) is 0 Å². The topological polar surface area (TPSA) is 49.7 Å². The summed E-state index contributed by atoms with van der Waals surface area (Å²) in [6.45, 7) is 13.7.